The molecule has 1 amide bonds. The molecule has 0 bridgehead atoms. The van der Waals surface area contributed by atoms with E-state index in [1.54, 1.807) is 24.5 Å². The molecule has 0 aromatic carbocycles. The molecule has 0 spiro atoms. The molecule has 0 unspecified atom stereocenters. The molecule has 1 heterocycles. The molecule has 0 atom stereocenters. The van der Waals surface area contributed by atoms with E-state index >= 15 is 0 Å². The molecular weight excluding hydrogens is 166 g/mol. The summed E-state index contributed by atoms with van der Waals surface area (Å²) in [6.07, 6.45) is 7.67. The molecule has 0 radical (unpaired) electrons. The molecule has 0 aliphatic rings. The Labute approximate surface area is 75.5 Å². The fraction of sp³-hybridized carbons (Fsp3) is 0. The second-order valence-corrected chi connectivity index (χ2v) is 2.22. The number of aromatic nitrogens is 1. The molecular formula is C9H7N3O. The van der Waals surface area contributed by atoms with Crippen molar-refractivity contribution in [1.82, 2.24) is 10.3 Å². The number of amides is 1. The Morgan fingerprint density at radius 3 is 3.15 bits per heavy atom. The highest BCUT2D eigenvalue weighted by Crippen LogP contribution is 1.97. The summed E-state index contributed by atoms with van der Waals surface area (Å²) < 4.78 is 0. The van der Waals surface area contributed by atoms with Crippen LogP contribution in [-0.4, -0.2) is 10.9 Å². The van der Waals surface area contributed by atoms with Gasteiger partial charge in [0, 0.05) is 18.5 Å². The van der Waals surface area contributed by atoms with Gasteiger partial charge >= 0.3 is 0 Å². The smallest absolute Gasteiger partial charge is 0.256 e. The lowest BCUT2D eigenvalue weighted by molar-refractivity contribution is -0.115. The van der Waals surface area contributed by atoms with Crippen LogP contribution >= 0.6 is 0 Å². The predicted octanol–water partition coefficient (Wildman–Crippen LogP) is 0.692. The minimum atomic E-state index is -0.439. The van der Waals surface area contributed by atoms with E-state index in [4.69, 9.17) is 5.26 Å². The van der Waals surface area contributed by atoms with Crippen LogP contribution in [0.15, 0.2) is 30.6 Å². The van der Waals surface area contributed by atoms with Gasteiger partial charge in [-0.1, -0.05) is 6.07 Å². The van der Waals surface area contributed by atoms with Gasteiger partial charge in [0.25, 0.3) is 5.91 Å². The first-order valence-corrected chi connectivity index (χ1v) is 3.60. The van der Waals surface area contributed by atoms with Gasteiger partial charge in [-0.15, -0.1) is 0 Å². The number of nitrogens with zero attached hydrogens (tertiary/aromatic N) is 2. The Bertz CT molecular complexity index is 351. The molecule has 0 aliphatic heterocycles. The summed E-state index contributed by atoms with van der Waals surface area (Å²) in [4.78, 5) is 14.6. The van der Waals surface area contributed by atoms with Crippen molar-refractivity contribution in [2.45, 2.75) is 0 Å². The van der Waals surface area contributed by atoms with Gasteiger partial charge in [-0.05, 0) is 17.7 Å². The van der Waals surface area contributed by atoms with Crippen LogP contribution in [0.4, 0.5) is 0 Å². The largest absolute Gasteiger partial charge is 0.269 e. The SMILES string of the molecule is N#CNC(=O)C=Cc1cccnc1. The van der Waals surface area contributed by atoms with Gasteiger partial charge in [-0.25, -0.2) is 0 Å². The van der Waals surface area contributed by atoms with Gasteiger partial charge in [0.15, 0.2) is 6.19 Å². The summed E-state index contributed by atoms with van der Waals surface area (Å²) in [7, 11) is 0. The molecule has 0 saturated carbocycles. The number of pyridine rings is 1. The summed E-state index contributed by atoms with van der Waals surface area (Å²) in [5.41, 5.74) is 0.815. The molecule has 0 fully saturated rings. The Morgan fingerprint density at radius 2 is 2.54 bits per heavy atom. The fourth-order valence-corrected chi connectivity index (χ4v) is 0.743. The van der Waals surface area contributed by atoms with Crippen LogP contribution in [0.25, 0.3) is 6.08 Å². The molecule has 0 aliphatic carbocycles. The minimum absolute atomic E-state index is 0.439. The monoisotopic (exact) mass is 173 g/mol. The zero-order chi connectivity index (χ0) is 9.52. The molecule has 1 aromatic heterocycles. The van der Waals surface area contributed by atoms with E-state index in [0.29, 0.717) is 0 Å². The van der Waals surface area contributed by atoms with Crippen molar-refractivity contribution in [3.63, 3.8) is 0 Å². The van der Waals surface area contributed by atoms with E-state index in [2.05, 4.69) is 4.98 Å². The number of carbonyl (C=O) groups excluding carboxylic acids is 1. The lowest BCUT2D eigenvalue weighted by Crippen LogP contribution is -2.13. The number of rotatable bonds is 2. The van der Waals surface area contributed by atoms with E-state index < -0.39 is 5.91 Å². The van der Waals surface area contributed by atoms with Crippen molar-refractivity contribution in [3.05, 3.63) is 36.2 Å². The predicted molar refractivity (Wildman–Crippen MR) is 47.0 cm³/mol. The van der Waals surface area contributed by atoms with Crippen LogP contribution in [0.2, 0.25) is 0 Å². The lowest BCUT2D eigenvalue weighted by atomic mass is 10.2. The van der Waals surface area contributed by atoms with Gasteiger partial charge in [-0.3, -0.25) is 15.1 Å². The zero-order valence-electron chi connectivity index (χ0n) is 6.77. The van der Waals surface area contributed by atoms with E-state index in [1.165, 1.54) is 12.3 Å². The second kappa shape index (κ2) is 4.67. The third kappa shape index (κ3) is 3.16. The summed E-state index contributed by atoms with van der Waals surface area (Å²) in [6.45, 7) is 0. The summed E-state index contributed by atoms with van der Waals surface area (Å²) in [5, 5.41) is 10.1. The summed E-state index contributed by atoms with van der Waals surface area (Å²) >= 11 is 0. The van der Waals surface area contributed by atoms with Crippen LogP contribution in [0.1, 0.15) is 5.56 Å². The highest BCUT2D eigenvalue weighted by atomic mass is 16.1. The third-order valence-corrected chi connectivity index (χ3v) is 1.29. The first kappa shape index (κ1) is 8.94. The maximum Gasteiger partial charge on any atom is 0.256 e. The molecule has 64 valence electrons. The van der Waals surface area contributed by atoms with Crippen molar-refractivity contribution >= 4 is 12.0 Å². The standard InChI is InChI=1S/C9H7N3O/c10-7-12-9(13)4-3-8-2-1-5-11-6-8/h1-6H,(H,12,13). The first-order chi connectivity index (χ1) is 6.33. The van der Waals surface area contributed by atoms with Crippen molar-refractivity contribution in [1.29, 1.82) is 5.26 Å². The molecule has 1 rings (SSSR count). The van der Waals surface area contributed by atoms with Gasteiger partial charge < -0.3 is 0 Å². The Kier molecular flexibility index (Phi) is 3.21. The first-order valence-electron chi connectivity index (χ1n) is 3.60. The Morgan fingerprint density at radius 1 is 1.69 bits per heavy atom. The van der Waals surface area contributed by atoms with Crippen LogP contribution in [0.5, 0.6) is 0 Å². The van der Waals surface area contributed by atoms with Crippen LogP contribution in [0, 0.1) is 11.5 Å². The van der Waals surface area contributed by atoms with Crippen molar-refractivity contribution in [2.75, 3.05) is 0 Å². The zero-order valence-corrected chi connectivity index (χ0v) is 6.77. The molecule has 0 saturated heterocycles. The highest BCUT2D eigenvalue weighted by molar-refractivity contribution is 5.92. The quantitative estimate of drug-likeness (QED) is 0.406. The van der Waals surface area contributed by atoms with Gasteiger partial charge in [-0.2, -0.15) is 5.26 Å². The number of nitrogens with one attached hydrogen (secondary N) is 1. The number of hydrogen-bond acceptors (Lipinski definition) is 3. The second-order valence-electron chi connectivity index (χ2n) is 2.22. The van der Waals surface area contributed by atoms with E-state index in [-0.39, 0.29) is 0 Å². The number of carbonyl (C=O) groups is 1. The van der Waals surface area contributed by atoms with Crippen LogP contribution in [0.3, 0.4) is 0 Å². The van der Waals surface area contributed by atoms with Crippen molar-refractivity contribution < 1.29 is 4.79 Å². The Hall–Kier alpha value is -2.15. The number of nitriles is 1. The number of hydrogen-bond donors (Lipinski definition) is 1. The third-order valence-electron chi connectivity index (χ3n) is 1.29. The molecule has 1 N–H and O–H groups in total. The summed E-state index contributed by atoms with van der Waals surface area (Å²) in [5.74, 6) is -0.439. The average molecular weight is 173 g/mol. The lowest BCUT2D eigenvalue weighted by Gasteiger charge is -1.89. The minimum Gasteiger partial charge on any atom is -0.269 e. The Balaban J connectivity index is 2.60. The van der Waals surface area contributed by atoms with Gasteiger partial charge in [0.1, 0.15) is 0 Å². The van der Waals surface area contributed by atoms with E-state index in [9.17, 15) is 4.79 Å². The van der Waals surface area contributed by atoms with Crippen molar-refractivity contribution in [2.24, 2.45) is 0 Å². The van der Waals surface area contributed by atoms with Crippen molar-refractivity contribution in [3.8, 4) is 6.19 Å². The molecule has 13 heavy (non-hydrogen) atoms. The van der Waals surface area contributed by atoms with E-state index in [1.807, 2.05) is 11.4 Å². The van der Waals surface area contributed by atoms with Gasteiger partial charge in [0.05, 0.1) is 0 Å². The van der Waals surface area contributed by atoms with Crippen LogP contribution in [-0.2, 0) is 4.79 Å². The topological polar surface area (TPSA) is 65.8 Å². The molecule has 4 heteroatoms. The maximum absolute atomic E-state index is 10.8. The summed E-state index contributed by atoms with van der Waals surface area (Å²) in [6, 6.07) is 3.57. The van der Waals surface area contributed by atoms with Crippen LogP contribution < -0.4 is 5.32 Å². The molecule has 4 nitrogen and oxygen atoms in total. The maximum atomic E-state index is 10.8. The van der Waals surface area contributed by atoms with E-state index in [0.717, 1.165) is 5.56 Å². The fourth-order valence-electron chi connectivity index (χ4n) is 0.743. The molecule has 1 aromatic rings. The average Bonchev–Trinajstić information content (AvgIpc) is 2.17. The normalized spacial score (nSPS) is 9.46. The van der Waals surface area contributed by atoms with Gasteiger partial charge in [0.2, 0.25) is 0 Å². The highest BCUT2D eigenvalue weighted by Gasteiger charge is 1.90.